The third-order valence-corrected chi connectivity index (χ3v) is 6.76. The van der Waals surface area contributed by atoms with Crippen LogP contribution in [-0.4, -0.2) is 112 Å². The SMILES string of the molecule is CC(=O)N(O)CCCCCNOCCCC(=O)N(O)CCCCCNC(=O)CCC(=O)N(O)CCCCCNC(=O)CBr. The molecule has 0 saturated heterocycles. The molecular weight excluding hydrogens is 632 g/mol. The number of halogens is 1. The van der Waals surface area contributed by atoms with Crippen molar-refractivity contribution in [2.45, 2.75) is 90.4 Å². The average molecular weight is 684 g/mol. The number of carbonyl (C=O) groups excluding carboxylic acids is 5. The van der Waals surface area contributed by atoms with E-state index >= 15 is 0 Å². The summed E-state index contributed by atoms with van der Waals surface area (Å²) in [5, 5.41) is 36.7. The Morgan fingerprint density at radius 3 is 1.63 bits per heavy atom. The van der Waals surface area contributed by atoms with Gasteiger partial charge in [0.2, 0.25) is 29.5 Å². The Morgan fingerprint density at radius 2 is 1.09 bits per heavy atom. The second-order valence-electron chi connectivity index (χ2n) is 10.0. The Hall–Kier alpha value is -2.37. The number of nitrogens with one attached hydrogen (secondary N) is 3. The molecule has 0 radical (unpaired) electrons. The normalized spacial score (nSPS) is 10.7. The summed E-state index contributed by atoms with van der Waals surface area (Å²) >= 11 is 3.06. The topological polar surface area (TPSA) is 201 Å². The van der Waals surface area contributed by atoms with Gasteiger partial charge in [-0.15, -0.1) is 0 Å². The molecule has 0 aliphatic carbocycles. The molecule has 0 unspecified atom stereocenters. The summed E-state index contributed by atoms with van der Waals surface area (Å²) in [6, 6.07) is 0. The number of nitrogens with zero attached hydrogens (tertiary/aromatic N) is 3. The van der Waals surface area contributed by atoms with Crippen LogP contribution < -0.4 is 16.1 Å². The first-order chi connectivity index (χ1) is 20.6. The van der Waals surface area contributed by atoms with Crippen molar-refractivity contribution in [1.29, 1.82) is 0 Å². The highest BCUT2D eigenvalue weighted by Gasteiger charge is 2.13. The zero-order chi connectivity index (χ0) is 32.3. The van der Waals surface area contributed by atoms with E-state index < -0.39 is 11.8 Å². The van der Waals surface area contributed by atoms with Crippen LogP contribution in [0.1, 0.15) is 90.4 Å². The van der Waals surface area contributed by atoms with Crippen molar-refractivity contribution < 1.29 is 44.4 Å². The predicted molar refractivity (Wildman–Crippen MR) is 160 cm³/mol. The Morgan fingerprint density at radius 1 is 0.605 bits per heavy atom. The molecule has 5 amide bonds. The lowest BCUT2D eigenvalue weighted by Crippen LogP contribution is -2.31. The first kappa shape index (κ1) is 40.6. The number of hydrogen-bond acceptors (Lipinski definition) is 10. The fourth-order valence-electron chi connectivity index (χ4n) is 3.68. The van der Waals surface area contributed by atoms with Crippen molar-refractivity contribution in [2.75, 3.05) is 51.2 Å². The number of hydrogen-bond donors (Lipinski definition) is 6. The standard InChI is InChI=1S/C27H51BrN6O9/c1-23(35)32(40)18-8-4-7-17-31-43-21-11-12-26(38)33(41)19-9-2-5-15-29-24(36)13-14-27(39)34(42)20-10-3-6-16-30-25(37)22-28/h31,40-42H,2-22H2,1H3,(H,29,36)(H,30,37). The van der Waals surface area contributed by atoms with E-state index in [2.05, 4.69) is 32.0 Å². The molecule has 0 fully saturated rings. The summed E-state index contributed by atoms with van der Waals surface area (Å²) in [6.07, 6.45) is 6.75. The number of rotatable bonds is 27. The largest absolute Gasteiger partial charge is 0.356 e. The quantitative estimate of drug-likeness (QED) is 0.0322. The molecule has 0 aromatic rings. The average Bonchev–Trinajstić information content (AvgIpc) is 2.99. The van der Waals surface area contributed by atoms with Crippen molar-refractivity contribution in [3.63, 3.8) is 0 Å². The highest BCUT2D eigenvalue weighted by atomic mass is 79.9. The molecule has 0 spiro atoms. The molecule has 16 heteroatoms. The van der Waals surface area contributed by atoms with E-state index in [9.17, 15) is 39.6 Å². The molecule has 0 heterocycles. The molecule has 0 aliphatic heterocycles. The Balaban J connectivity index is 3.64. The lowest BCUT2D eigenvalue weighted by molar-refractivity contribution is -0.166. The molecule has 0 aromatic heterocycles. The minimum absolute atomic E-state index is 0.0294. The smallest absolute Gasteiger partial charge is 0.246 e. The molecule has 250 valence electrons. The number of carbonyl (C=O) groups is 5. The highest BCUT2D eigenvalue weighted by Crippen LogP contribution is 2.03. The minimum Gasteiger partial charge on any atom is -0.356 e. The van der Waals surface area contributed by atoms with Crippen LogP contribution in [0.15, 0.2) is 0 Å². The summed E-state index contributed by atoms with van der Waals surface area (Å²) in [6.45, 7) is 3.82. The zero-order valence-electron chi connectivity index (χ0n) is 25.4. The van der Waals surface area contributed by atoms with E-state index in [1.807, 2.05) is 0 Å². The van der Waals surface area contributed by atoms with Gasteiger partial charge in [0.1, 0.15) is 0 Å². The van der Waals surface area contributed by atoms with Gasteiger partial charge >= 0.3 is 0 Å². The summed E-state index contributed by atoms with van der Waals surface area (Å²) in [5.41, 5.74) is 2.79. The molecule has 0 atom stereocenters. The van der Waals surface area contributed by atoms with E-state index in [1.165, 1.54) is 6.92 Å². The fourth-order valence-corrected chi connectivity index (χ4v) is 3.88. The molecule has 0 saturated carbocycles. The maximum Gasteiger partial charge on any atom is 0.246 e. The summed E-state index contributed by atoms with van der Waals surface area (Å²) < 4.78 is 0. The maximum atomic E-state index is 12.0. The van der Waals surface area contributed by atoms with Gasteiger partial charge in [0.05, 0.1) is 11.9 Å². The van der Waals surface area contributed by atoms with Gasteiger partial charge in [-0.3, -0.25) is 39.6 Å². The molecule has 0 bridgehead atoms. The van der Waals surface area contributed by atoms with E-state index in [0.717, 1.165) is 25.7 Å². The van der Waals surface area contributed by atoms with Gasteiger partial charge in [0, 0.05) is 65.5 Å². The third kappa shape index (κ3) is 24.7. The maximum absolute atomic E-state index is 12.0. The van der Waals surface area contributed by atoms with Crippen LogP contribution in [-0.2, 0) is 28.8 Å². The van der Waals surface area contributed by atoms with Gasteiger partial charge in [-0.25, -0.2) is 20.7 Å². The van der Waals surface area contributed by atoms with Gasteiger partial charge in [-0.05, 0) is 57.8 Å². The first-order valence-corrected chi connectivity index (χ1v) is 16.1. The Kier molecular flexibility index (Phi) is 25.7. The van der Waals surface area contributed by atoms with Crippen molar-refractivity contribution >= 4 is 45.5 Å². The lowest BCUT2D eigenvalue weighted by Gasteiger charge is -2.15. The number of amides is 5. The third-order valence-electron chi connectivity index (χ3n) is 6.25. The van der Waals surface area contributed by atoms with E-state index in [4.69, 9.17) is 4.84 Å². The molecule has 15 nitrogen and oxygen atoms in total. The molecule has 6 N–H and O–H groups in total. The highest BCUT2D eigenvalue weighted by molar-refractivity contribution is 9.09. The van der Waals surface area contributed by atoms with Crippen molar-refractivity contribution in [1.82, 2.24) is 31.3 Å². The number of hydroxylamine groups is 7. The molecular formula is C27H51BrN6O9. The van der Waals surface area contributed by atoms with Gasteiger partial charge in [-0.2, -0.15) is 0 Å². The molecule has 0 rings (SSSR count). The number of alkyl halides is 1. The van der Waals surface area contributed by atoms with Crippen LogP contribution in [0.25, 0.3) is 0 Å². The van der Waals surface area contributed by atoms with Gasteiger partial charge < -0.3 is 15.5 Å². The second-order valence-corrected chi connectivity index (χ2v) is 10.6. The minimum atomic E-state index is -0.521. The van der Waals surface area contributed by atoms with Gasteiger partial charge in [0.25, 0.3) is 0 Å². The van der Waals surface area contributed by atoms with Crippen LogP contribution in [0.3, 0.4) is 0 Å². The lowest BCUT2D eigenvalue weighted by atomic mass is 10.2. The van der Waals surface area contributed by atoms with E-state index in [-0.39, 0.29) is 55.4 Å². The van der Waals surface area contributed by atoms with Crippen LogP contribution in [0.4, 0.5) is 0 Å². The van der Waals surface area contributed by atoms with Crippen molar-refractivity contribution in [2.24, 2.45) is 0 Å². The van der Waals surface area contributed by atoms with Crippen molar-refractivity contribution in [3.8, 4) is 0 Å². The van der Waals surface area contributed by atoms with Gasteiger partial charge in [-0.1, -0.05) is 22.4 Å². The summed E-state index contributed by atoms with van der Waals surface area (Å²) in [5.74, 6) is -1.67. The molecule has 0 aliphatic rings. The summed E-state index contributed by atoms with van der Waals surface area (Å²) in [7, 11) is 0. The molecule has 43 heavy (non-hydrogen) atoms. The monoisotopic (exact) mass is 682 g/mol. The Bertz CT molecular complexity index is 809. The second kappa shape index (κ2) is 27.2. The first-order valence-electron chi connectivity index (χ1n) is 15.0. The van der Waals surface area contributed by atoms with Crippen LogP contribution in [0.2, 0.25) is 0 Å². The predicted octanol–water partition coefficient (Wildman–Crippen LogP) is 1.88. The van der Waals surface area contributed by atoms with Crippen LogP contribution >= 0.6 is 15.9 Å². The van der Waals surface area contributed by atoms with E-state index in [1.54, 1.807) is 0 Å². The Labute approximate surface area is 262 Å². The van der Waals surface area contributed by atoms with Gasteiger partial charge in [0.15, 0.2) is 0 Å². The van der Waals surface area contributed by atoms with Crippen LogP contribution in [0.5, 0.6) is 0 Å². The fraction of sp³-hybridized carbons (Fsp3) is 0.815. The molecule has 0 aromatic carbocycles. The number of unbranched alkanes of at least 4 members (excludes halogenated alkanes) is 6. The van der Waals surface area contributed by atoms with Crippen LogP contribution in [0, 0.1) is 0 Å². The summed E-state index contributed by atoms with van der Waals surface area (Å²) in [4.78, 5) is 63.2. The zero-order valence-corrected chi connectivity index (χ0v) is 26.9. The van der Waals surface area contributed by atoms with Crippen molar-refractivity contribution in [3.05, 3.63) is 0 Å². The van der Waals surface area contributed by atoms with E-state index in [0.29, 0.717) is 86.5 Å².